The summed E-state index contributed by atoms with van der Waals surface area (Å²) < 4.78 is 10.7. The van der Waals surface area contributed by atoms with Gasteiger partial charge in [0.25, 0.3) is 5.91 Å². The Labute approximate surface area is 175 Å². The van der Waals surface area contributed by atoms with Crippen molar-refractivity contribution in [2.75, 3.05) is 13.3 Å². The van der Waals surface area contributed by atoms with Crippen LogP contribution < -0.4 is 14.8 Å². The van der Waals surface area contributed by atoms with Gasteiger partial charge >= 0.3 is 6.03 Å². The third-order valence-corrected chi connectivity index (χ3v) is 6.16. The average Bonchev–Trinajstić information content (AvgIpc) is 3.24. The molecule has 0 radical (unpaired) electrons. The van der Waals surface area contributed by atoms with Crippen LogP contribution in [0.2, 0.25) is 0 Å². The Morgan fingerprint density at radius 1 is 1.03 bits per heavy atom. The highest BCUT2D eigenvalue weighted by Gasteiger charge is 2.50. The minimum absolute atomic E-state index is 0.116. The number of ketones is 1. The Kier molecular flexibility index (Phi) is 4.56. The number of rotatable bonds is 4. The van der Waals surface area contributed by atoms with Crippen LogP contribution in [0.5, 0.6) is 11.5 Å². The van der Waals surface area contributed by atoms with E-state index in [0.717, 1.165) is 27.2 Å². The molecule has 7 nitrogen and oxygen atoms in total. The highest BCUT2D eigenvalue weighted by molar-refractivity contribution is 6.12. The smallest absolute Gasteiger partial charge is 0.325 e. The van der Waals surface area contributed by atoms with Gasteiger partial charge < -0.3 is 14.8 Å². The van der Waals surface area contributed by atoms with Gasteiger partial charge in [-0.05, 0) is 74.6 Å². The first-order valence-electron chi connectivity index (χ1n) is 9.78. The van der Waals surface area contributed by atoms with E-state index in [9.17, 15) is 14.4 Å². The lowest BCUT2D eigenvalue weighted by molar-refractivity contribution is -0.130. The zero-order chi connectivity index (χ0) is 21.8. The second-order valence-electron chi connectivity index (χ2n) is 8.07. The molecule has 0 unspecified atom stereocenters. The Bertz CT molecular complexity index is 1110. The molecule has 30 heavy (non-hydrogen) atoms. The number of hydrogen-bond donors (Lipinski definition) is 1. The number of nitrogens with zero attached hydrogens (tertiary/aromatic N) is 1. The van der Waals surface area contributed by atoms with Crippen molar-refractivity contribution in [3.05, 3.63) is 57.6 Å². The van der Waals surface area contributed by atoms with E-state index >= 15 is 0 Å². The van der Waals surface area contributed by atoms with Crippen molar-refractivity contribution in [2.24, 2.45) is 0 Å². The standard InChI is InChI=1S/C23H24N2O5/c1-12-8-13(2)20(15(4)14(12)3)17(26)10-25-21(27)23(5,24-22(25)28)16-6-7-18-19(9-16)30-11-29-18/h6-9H,10-11H2,1-5H3,(H,24,28)/t23-/m1/s1. The summed E-state index contributed by atoms with van der Waals surface area (Å²) in [5, 5.41) is 2.73. The van der Waals surface area contributed by atoms with Gasteiger partial charge in [-0.3, -0.25) is 14.5 Å². The first kappa shape index (κ1) is 19.9. The number of imide groups is 1. The molecule has 1 saturated heterocycles. The molecule has 2 aromatic rings. The van der Waals surface area contributed by atoms with Crippen molar-refractivity contribution < 1.29 is 23.9 Å². The van der Waals surface area contributed by atoms with E-state index in [1.165, 1.54) is 0 Å². The molecule has 2 aliphatic rings. The SMILES string of the molecule is Cc1cc(C)c(C(=O)CN2C(=O)N[C@](C)(c3ccc4c(c3)OCO4)C2=O)c(C)c1C. The molecule has 7 heteroatoms. The lowest BCUT2D eigenvalue weighted by Crippen LogP contribution is -2.41. The van der Waals surface area contributed by atoms with Crippen LogP contribution in [-0.4, -0.2) is 36.0 Å². The van der Waals surface area contributed by atoms with Crippen LogP contribution in [0.1, 0.15) is 45.1 Å². The van der Waals surface area contributed by atoms with Crippen molar-refractivity contribution in [2.45, 2.75) is 40.2 Å². The maximum absolute atomic E-state index is 13.2. The molecule has 0 bridgehead atoms. The van der Waals surface area contributed by atoms with Gasteiger partial charge in [-0.2, -0.15) is 0 Å². The van der Waals surface area contributed by atoms with Crippen molar-refractivity contribution in [1.29, 1.82) is 0 Å². The van der Waals surface area contributed by atoms with Crippen molar-refractivity contribution in [3.63, 3.8) is 0 Å². The molecule has 2 aliphatic heterocycles. The van der Waals surface area contributed by atoms with Gasteiger partial charge in [0, 0.05) is 5.56 Å². The highest BCUT2D eigenvalue weighted by Crippen LogP contribution is 2.38. The van der Waals surface area contributed by atoms with Gasteiger partial charge in [0.2, 0.25) is 6.79 Å². The van der Waals surface area contributed by atoms with Gasteiger partial charge in [-0.25, -0.2) is 4.79 Å². The largest absolute Gasteiger partial charge is 0.454 e. The maximum Gasteiger partial charge on any atom is 0.325 e. The topological polar surface area (TPSA) is 84.9 Å². The van der Waals surface area contributed by atoms with E-state index in [4.69, 9.17) is 9.47 Å². The quantitative estimate of drug-likeness (QED) is 0.620. The number of benzene rings is 2. The van der Waals surface area contributed by atoms with Gasteiger partial charge in [0.15, 0.2) is 17.3 Å². The Morgan fingerprint density at radius 2 is 1.73 bits per heavy atom. The van der Waals surface area contributed by atoms with Crippen LogP contribution in [0.25, 0.3) is 0 Å². The summed E-state index contributed by atoms with van der Waals surface area (Å²) in [4.78, 5) is 39.9. The van der Waals surface area contributed by atoms with Crippen LogP contribution in [0.4, 0.5) is 4.79 Å². The number of nitrogens with one attached hydrogen (secondary N) is 1. The number of aryl methyl sites for hydroxylation is 2. The zero-order valence-electron chi connectivity index (χ0n) is 17.7. The van der Waals surface area contributed by atoms with Gasteiger partial charge in [0.05, 0.1) is 6.54 Å². The minimum atomic E-state index is -1.29. The van der Waals surface area contributed by atoms with Gasteiger partial charge in [-0.1, -0.05) is 12.1 Å². The predicted octanol–water partition coefficient (Wildman–Crippen LogP) is 3.30. The lowest BCUT2D eigenvalue weighted by atomic mass is 9.90. The van der Waals surface area contributed by atoms with E-state index in [0.29, 0.717) is 22.6 Å². The molecule has 1 atom stereocenters. The summed E-state index contributed by atoms with van der Waals surface area (Å²) in [5.41, 5.74) is 3.70. The number of amides is 3. The molecule has 0 spiro atoms. The number of fused-ring (bicyclic) bond motifs is 1. The molecular weight excluding hydrogens is 384 g/mol. The van der Waals surface area contributed by atoms with Gasteiger partial charge in [-0.15, -0.1) is 0 Å². The van der Waals surface area contributed by atoms with Crippen molar-refractivity contribution in [3.8, 4) is 11.5 Å². The maximum atomic E-state index is 13.2. The Morgan fingerprint density at radius 3 is 2.47 bits per heavy atom. The summed E-state index contributed by atoms with van der Waals surface area (Å²) in [6.45, 7) is 9.16. The first-order chi connectivity index (χ1) is 14.1. The summed E-state index contributed by atoms with van der Waals surface area (Å²) in [6.07, 6.45) is 0. The van der Waals surface area contributed by atoms with Crippen LogP contribution in [0.3, 0.4) is 0 Å². The fourth-order valence-corrected chi connectivity index (χ4v) is 4.18. The fourth-order valence-electron chi connectivity index (χ4n) is 4.18. The molecule has 1 fully saturated rings. The molecule has 156 valence electrons. The third-order valence-electron chi connectivity index (χ3n) is 6.16. The normalized spacial score (nSPS) is 20.0. The number of carbonyl (C=O) groups excluding carboxylic acids is 3. The van der Waals surface area contributed by atoms with Crippen molar-refractivity contribution >= 4 is 17.7 Å². The number of carbonyl (C=O) groups is 3. The second kappa shape index (κ2) is 6.86. The van der Waals surface area contributed by atoms with E-state index < -0.39 is 17.5 Å². The number of urea groups is 1. The Hall–Kier alpha value is -3.35. The molecule has 2 aromatic carbocycles. The average molecular weight is 408 g/mol. The summed E-state index contributed by atoms with van der Waals surface area (Å²) in [6, 6.07) is 6.47. The molecule has 0 aromatic heterocycles. The van der Waals surface area contributed by atoms with Crippen LogP contribution in [0.15, 0.2) is 24.3 Å². The highest BCUT2D eigenvalue weighted by atomic mass is 16.7. The second-order valence-corrected chi connectivity index (χ2v) is 8.07. The molecule has 1 N–H and O–H groups in total. The Balaban J connectivity index is 1.62. The van der Waals surface area contributed by atoms with E-state index in [1.54, 1.807) is 25.1 Å². The predicted molar refractivity (Wildman–Crippen MR) is 110 cm³/mol. The third kappa shape index (κ3) is 2.93. The molecule has 3 amide bonds. The van der Waals surface area contributed by atoms with E-state index in [-0.39, 0.29) is 19.1 Å². The monoisotopic (exact) mass is 408 g/mol. The number of hydrogen-bond acceptors (Lipinski definition) is 5. The molecule has 2 heterocycles. The molecule has 0 aliphatic carbocycles. The number of Topliss-reactive ketones (excluding diaryl/α,β-unsaturated/α-hetero) is 1. The summed E-state index contributed by atoms with van der Waals surface area (Å²) in [5.74, 6) is 0.379. The molecular formula is C23H24N2O5. The van der Waals surface area contributed by atoms with Crippen LogP contribution >= 0.6 is 0 Å². The van der Waals surface area contributed by atoms with Gasteiger partial charge in [0.1, 0.15) is 5.54 Å². The lowest BCUT2D eigenvalue weighted by Gasteiger charge is -2.22. The van der Waals surface area contributed by atoms with E-state index in [1.807, 2.05) is 33.8 Å². The molecule has 4 rings (SSSR count). The first-order valence-corrected chi connectivity index (χ1v) is 9.78. The number of ether oxygens (including phenoxy) is 2. The van der Waals surface area contributed by atoms with Crippen LogP contribution in [-0.2, 0) is 10.3 Å². The fraction of sp³-hybridized carbons (Fsp3) is 0.348. The summed E-state index contributed by atoms with van der Waals surface area (Å²) in [7, 11) is 0. The van der Waals surface area contributed by atoms with E-state index in [2.05, 4.69) is 5.32 Å². The van der Waals surface area contributed by atoms with Crippen molar-refractivity contribution in [1.82, 2.24) is 10.2 Å². The minimum Gasteiger partial charge on any atom is -0.454 e. The summed E-state index contributed by atoms with van der Waals surface area (Å²) >= 11 is 0. The van der Waals surface area contributed by atoms with Crippen LogP contribution in [0, 0.1) is 27.7 Å². The zero-order valence-corrected chi connectivity index (χ0v) is 17.7. The molecule has 0 saturated carbocycles.